The quantitative estimate of drug-likeness (QED) is 0.724. The Morgan fingerprint density at radius 2 is 1.40 bits per heavy atom. The third-order valence-electron chi connectivity index (χ3n) is 3.84. The number of hydrogen-bond donors (Lipinski definition) is 0. The summed E-state index contributed by atoms with van der Waals surface area (Å²) in [6.45, 7) is 5.06. The summed E-state index contributed by atoms with van der Waals surface area (Å²) in [5.74, 6) is 0. The summed E-state index contributed by atoms with van der Waals surface area (Å²) in [6, 6.07) is 8.43. The number of nitrogens with zero attached hydrogens (tertiary/aromatic N) is 2. The first kappa shape index (κ1) is 14.3. The first-order valence-electron chi connectivity index (χ1n) is 7.12. The summed E-state index contributed by atoms with van der Waals surface area (Å²) < 4.78 is 19.5. The molecular weight excluding hydrogens is 317 g/mol. The molecule has 3 aliphatic heterocycles. The Bertz CT molecular complexity index is 426. The summed E-state index contributed by atoms with van der Waals surface area (Å²) in [4.78, 5) is 4.42. The molecule has 5 nitrogen and oxygen atoms in total. The minimum atomic E-state index is -3.29. The van der Waals surface area contributed by atoms with Gasteiger partial charge in [0.1, 0.15) is 0 Å². The van der Waals surface area contributed by atoms with Crippen LogP contribution in [0.5, 0.6) is 0 Å². The predicted molar refractivity (Wildman–Crippen MR) is 80.5 cm³/mol. The molecule has 4 rings (SSSR count). The van der Waals surface area contributed by atoms with Gasteiger partial charge in [0, 0.05) is 0 Å². The number of rotatable bonds is 2. The van der Waals surface area contributed by atoms with Gasteiger partial charge in [0.15, 0.2) is 0 Å². The zero-order chi connectivity index (χ0) is 14.0. The van der Waals surface area contributed by atoms with Gasteiger partial charge in [0.25, 0.3) is 0 Å². The minimum absolute atomic E-state index is 0.704. The van der Waals surface area contributed by atoms with E-state index in [2.05, 4.69) is 34.1 Å². The van der Waals surface area contributed by atoms with Gasteiger partial charge in [0.05, 0.1) is 0 Å². The van der Waals surface area contributed by atoms with E-state index in [9.17, 15) is 0 Å². The van der Waals surface area contributed by atoms with E-state index in [0.717, 1.165) is 24.0 Å². The second-order valence-corrected chi connectivity index (χ2v) is 10.7. The second-order valence-electron chi connectivity index (χ2n) is 5.38. The van der Waals surface area contributed by atoms with Crippen LogP contribution in [0.3, 0.4) is 0 Å². The Hall–Kier alpha value is -0.597. The fraction of sp³-hybridized carbons (Fsp3) is 0.571. The van der Waals surface area contributed by atoms with Crippen LogP contribution in [0.15, 0.2) is 24.3 Å². The van der Waals surface area contributed by atoms with Crippen LogP contribution in [0.1, 0.15) is 0 Å². The van der Waals surface area contributed by atoms with Crippen LogP contribution in [0.4, 0.5) is 5.69 Å². The van der Waals surface area contributed by atoms with Crippen LogP contribution >= 0.6 is 0 Å². The van der Waals surface area contributed by atoms with Crippen molar-refractivity contribution in [3.63, 3.8) is 0 Å². The molecule has 3 fully saturated rings. The van der Waals surface area contributed by atoms with E-state index in [0.29, 0.717) is 19.8 Å². The molecule has 110 valence electrons. The molecule has 0 unspecified atom stereocenters. The van der Waals surface area contributed by atoms with Crippen LogP contribution in [0.2, 0.25) is 0 Å². The standard InChI is InChI=1S/C14H22GeN2O3/c1-16(2)14-5-3-13(4-6-14)15-18-10-7-17(8-11-19-15)9-12-20-15/h3-6H,7-12H2,1-2H3. The number of benzene rings is 1. The average molecular weight is 339 g/mol. The summed E-state index contributed by atoms with van der Waals surface area (Å²) in [5.41, 5.74) is 1.18. The van der Waals surface area contributed by atoms with E-state index < -0.39 is 14.3 Å². The Balaban J connectivity index is 1.87. The second kappa shape index (κ2) is 6.03. The van der Waals surface area contributed by atoms with Crippen molar-refractivity contribution in [2.24, 2.45) is 0 Å². The summed E-state index contributed by atoms with van der Waals surface area (Å²) >= 11 is -3.29. The Labute approximate surface area is 123 Å². The number of fused-ring (bicyclic) bond motifs is 6. The Kier molecular flexibility index (Phi) is 4.32. The topological polar surface area (TPSA) is 34.2 Å². The van der Waals surface area contributed by atoms with E-state index >= 15 is 0 Å². The van der Waals surface area contributed by atoms with Gasteiger partial charge in [-0.2, -0.15) is 0 Å². The molecule has 0 spiro atoms. The molecule has 0 N–H and O–H groups in total. The molecule has 0 atom stereocenters. The van der Waals surface area contributed by atoms with Crippen LogP contribution in [-0.2, 0) is 11.3 Å². The van der Waals surface area contributed by atoms with E-state index in [-0.39, 0.29) is 0 Å². The first-order chi connectivity index (χ1) is 9.70. The molecule has 0 amide bonds. The van der Waals surface area contributed by atoms with E-state index in [1.807, 2.05) is 14.1 Å². The van der Waals surface area contributed by atoms with Gasteiger partial charge in [-0.05, 0) is 0 Å². The molecule has 0 aromatic heterocycles. The van der Waals surface area contributed by atoms with Gasteiger partial charge in [0.2, 0.25) is 0 Å². The van der Waals surface area contributed by atoms with Gasteiger partial charge in [-0.1, -0.05) is 0 Å². The first-order valence-corrected chi connectivity index (χ1v) is 10.7. The monoisotopic (exact) mass is 340 g/mol. The zero-order valence-corrected chi connectivity index (χ0v) is 14.3. The maximum atomic E-state index is 6.12. The zero-order valence-electron chi connectivity index (χ0n) is 12.2. The van der Waals surface area contributed by atoms with Crippen molar-refractivity contribution in [3.05, 3.63) is 24.3 Å². The van der Waals surface area contributed by atoms with Crippen molar-refractivity contribution in [2.45, 2.75) is 0 Å². The van der Waals surface area contributed by atoms with Crippen molar-refractivity contribution >= 4 is 24.4 Å². The molecule has 3 saturated heterocycles. The van der Waals surface area contributed by atoms with Crippen LogP contribution in [0, 0.1) is 0 Å². The molecule has 0 aliphatic carbocycles. The molecule has 0 saturated carbocycles. The summed E-state index contributed by atoms with van der Waals surface area (Å²) in [5, 5.41) is 0. The van der Waals surface area contributed by atoms with Crippen LogP contribution < -0.4 is 9.30 Å². The van der Waals surface area contributed by atoms with Crippen molar-refractivity contribution < 1.29 is 11.3 Å². The van der Waals surface area contributed by atoms with Gasteiger partial charge in [-0.15, -0.1) is 0 Å². The Morgan fingerprint density at radius 1 is 0.900 bits per heavy atom. The molecule has 3 aliphatic rings. The maximum absolute atomic E-state index is 6.12. The molecular formula is C14H22GeN2O3. The van der Waals surface area contributed by atoms with Crippen molar-refractivity contribution in [1.29, 1.82) is 0 Å². The molecule has 3 heterocycles. The third-order valence-corrected chi connectivity index (χ3v) is 9.70. The van der Waals surface area contributed by atoms with E-state index in [1.165, 1.54) is 5.69 Å². The fourth-order valence-corrected chi connectivity index (χ4v) is 7.65. The van der Waals surface area contributed by atoms with E-state index in [1.54, 1.807) is 0 Å². The average Bonchev–Trinajstić information content (AvgIpc) is 2.37. The van der Waals surface area contributed by atoms with Gasteiger partial charge < -0.3 is 0 Å². The van der Waals surface area contributed by atoms with Gasteiger partial charge in [-0.25, -0.2) is 0 Å². The summed E-state index contributed by atoms with van der Waals surface area (Å²) in [7, 11) is 4.08. The van der Waals surface area contributed by atoms with Crippen LogP contribution in [-0.4, -0.2) is 72.7 Å². The third kappa shape index (κ3) is 2.87. The van der Waals surface area contributed by atoms with Crippen molar-refractivity contribution in [2.75, 3.05) is 58.5 Å². The van der Waals surface area contributed by atoms with Gasteiger partial charge >= 0.3 is 123 Å². The van der Waals surface area contributed by atoms with Gasteiger partial charge in [-0.3, -0.25) is 0 Å². The molecule has 0 radical (unpaired) electrons. The van der Waals surface area contributed by atoms with Crippen LogP contribution in [0.25, 0.3) is 0 Å². The van der Waals surface area contributed by atoms with Crippen molar-refractivity contribution in [3.8, 4) is 0 Å². The molecule has 6 heteroatoms. The van der Waals surface area contributed by atoms with E-state index in [4.69, 9.17) is 11.3 Å². The predicted octanol–water partition coefficient (Wildman–Crippen LogP) is 0.278. The molecule has 1 aromatic carbocycles. The summed E-state index contributed by atoms with van der Waals surface area (Å²) in [6.07, 6.45) is 0. The molecule has 1 aromatic rings. The molecule has 20 heavy (non-hydrogen) atoms. The normalized spacial score (nSPS) is 30.4. The number of anilines is 1. The Morgan fingerprint density at radius 3 is 1.85 bits per heavy atom. The fourth-order valence-electron chi connectivity index (χ4n) is 2.60. The SMILES string of the molecule is CN(C)c1cc[c]([Ge]23[O]CCN(CC[O]2)CC[O]3)cc1. The number of hydrogen-bond acceptors (Lipinski definition) is 5. The molecule has 2 bridgehead atoms. The van der Waals surface area contributed by atoms with Crippen molar-refractivity contribution in [1.82, 2.24) is 4.90 Å².